The number of anilines is 1. The molecule has 0 saturated carbocycles. The molecule has 0 amide bonds. The quantitative estimate of drug-likeness (QED) is 0.903. The number of rotatable bonds is 5. The van der Waals surface area contributed by atoms with Crippen molar-refractivity contribution in [2.45, 2.75) is 6.04 Å². The number of aromatic nitrogens is 2. The number of hydrogen-bond donors (Lipinski definition) is 1. The Kier molecular flexibility index (Phi) is 4.29. The van der Waals surface area contributed by atoms with Crippen LogP contribution in [0.1, 0.15) is 17.3 Å². The van der Waals surface area contributed by atoms with Crippen LogP contribution >= 0.6 is 0 Å². The molecule has 1 aromatic heterocycles. The Balaban J connectivity index is 2.39. The Bertz CT molecular complexity index is 560. The van der Waals surface area contributed by atoms with Crippen LogP contribution in [-0.4, -0.2) is 38.0 Å². The molecule has 0 aliphatic rings. The first-order valence-electron chi connectivity index (χ1n) is 6.59. The zero-order valence-electron chi connectivity index (χ0n) is 12.7. The Morgan fingerprint density at radius 2 is 1.90 bits per heavy atom. The lowest BCUT2D eigenvalue weighted by Crippen LogP contribution is -2.21. The Morgan fingerprint density at radius 3 is 2.40 bits per heavy atom. The average Bonchev–Trinajstić information content (AvgIpc) is 2.82. The van der Waals surface area contributed by atoms with Gasteiger partial charge in [0, 0.05) is 26.8 Å². The van der Waals surface area contributed by atoms with Crippen molar-refractivity contribution in [2.24, 2.45) is 7.05 Å². The Morgan fingerprint density at radius 1 is 1.25 bits per heavy atom. The summed E-state index contributed by atoms with van der Waals surface area (Å²) in [6.45, 7) is 0. The number of nitrogens with zero attached hydrogens (tertiary/aromatic N) is 3. The van der Waals surface area contributed by atoms with E-state index in [1.807, 2.05) is 32.9 Å². The predicted molar refractivity (Wildman–Crippen MR) is 81.4 cm³/mol. The van der Waals surface area contributed by atoms with Crippen LogP contribution in [-0.2, 0) is 7.05 Å². The average molecular weight is 274 g/mol. The van der Waals surface area contributed by atoms with Gasteiger partial charge >= 0.3 is 0 Å². The van der Waals surface area contributed by atoms with E-state index in [4.69, 9.17) is 4.74 Å². The zero-order valence-corrected chi connectivity index (χ0v) is 12.7. The first-order valence-corrected chi connectivity index (χ1v) is 6.59. The highest BCUT2D eigenvalue weighted by atomic mass is 16.5. The van der Waals surface area contributed by atoms with Gasteiger partial charge < -0.3 is 15.0 Å². The summed E-state index contributed by atoms with van der Waals surface area (Å²) in [6.07, 6.45) is 1.74. The summed E-state index contributed by atoms with van der Waals surface area (Å²) in [5.74, 6) is 0.795. The van der Waals surface area contributed by atoms with Crippen LogP contribution in [0, 0.1) is 0 Å². The van der Waals surface area contributed by atoms with Crippen LogP contribution in [0.4, 0.5) is 5.69 Å². The van der Waals surface area contributed by atoms with E-state index < -0.39 is 0 Å². The minimum atomic E-state index is 0.0497. The highest BCUT2D eigenvalue weighted by Crippen LogP contribution is 2.30. The van der Waals surface area contributed by atoms with Crippen molar-refractivity contribution in [3.8, 4) is 5.75 Å². The highest BCUT2D eigenvalue weighted by molar-refractivity contribution is 5.48. The number of nitrogens with one attached hydrogen (secondary N) is 1. The molecule has 1 heterocycles. The summed E-state index contributed by atoms with van der Waals surface area (Å²) in [4.78, 5) is 2.09. The molecule has 5 nitrogen and oxygen atoms in total. The maximum Gasteiger partial charge on any atom is 0.161 e. The van der Waals surface area contributed by atoms with Crippen LogP contribution in [0.2, 0.25) is 0 Å². The summed E-state index contributed by atoms with van der Waals surface area (Å²) in [6, 6.07) is 8.53. The molecule has 0 bridgehead atoms. The summed E-state index contributed by atoms with van der Waals surface area (Å²) in [7, 11) is 9.61. The van der Waals surface area contributed by atoms with Crippen molar-refractivity contribution in [2.75, 3.05) is 33.2 Å². The van der Waals surface area contributed by atoms with Gasteiger partial charge in [0.05, 0.1) is 19.3 Å². The molecule has 0 spiro atoms. The minimum Gasteiger partial charge on any atom is -0.493 e. The molecule has 20 heavy (non-hydrogen) atoms. The normalized spacial score (nSPS) is 12.2. The van der Waals surface area contributed by atoms with Crippen molar-refractivity contribution in [3.05, 3.63) is 41.7 Å². The van der Waals surface area contributed by atoms with Gasteiger partial charge in [-0.05, 0) is 24.7 Å². The zero-order chi connectivity index (χ0) is 14.7. The summed E-state index contributed by atoms with van der Waals surface area (Å²) >= 11 is 0. The molecule has 1 aromatic carbocycles. The molecule has 1 N–H and O–H groups in total. The fourth-order valence-electron chi connectivity index (χ4n) is 2.34. The molecule has 2 rings (SSSR count). The first-order chi connectivity index (χ1) is 9.58. The Labute approximate surface area is 120 Å². The van der Waals surface area contributed by atoms with E-state index >= 15 is 0 Å². The first kappa shape index (κ1) is 14.4. The van der Waals surface area contributed by atoms with Crippen molar-refractivity contribution in [1.29, 1.82) is 0 Å². The van der Waals surface area contributed by atoms with Gasteiger partial charge in [0.25, 0.3) is 0 Å². The summed E-state index contributed by atoms with van der Waals surface area (Å²) in [5.41, 5.74) is 3.38. The molecule has 0 aliphatic heterocycles. The molecular formula is C15H22N4O. The lowest BCUT2D eigenvalue weighted by atomic mass is 10.0. The largest absolute Gasteiger partial charge is 0.493 e. The van der Waals surface area contributed by atoms with E-state index in [9.17, 15) is 0 Å². The van der Waals surface area contributed by atoms with Crippen molar-refractivity contribution < 1.29 is 4.74 Å². The minimum absolute atomic E-state index is 0.0497. The molecule has 5 heteroatoms. The van der Waals surface area contributed by atoms with Gasteiger partial charge in [0.1, 0.15) is 5.69 Å². The number of hydrogen-bond acceptors (Lipinski definition) is 4. The maximum absolute atomic E-state index is 5.40. The third kappa shape index (κ3) is 2.63. The van der Waals surface area contributed by atoms with Crippen molar-refractivity contribution in [1.82, 2.24) is 15.1 Å². The van der Waals surface area contributed by atoms with Crippen LogP contribution in [0.5, 0.6) is 5.75 Å². The lowest BCUT2D eigenvalue weighted by Gasteiger charge is -2.20. The molecule has 0 radical (unpaired) electrons. The molecule has 1 atom stereocenters. The number of aryl methyl sites for hydroxylation is 1. The second kappa shape index (κ2) is 5.96. The topological polar surface area (TPSA) is 42.3 Å². The monoisotopic (exact) mass is 274 g/mol. The van der Waals surface area contributed by atoms with E-state index in [-0.39, 0.29) is 6.04 Å². The van der Waals surface area contributed by atoms with Gasteiger partial charge in [-0.2, -0.15) is 5.10 Å². The smallest absolute Gasteiger partial charge is 0.161 e. The van der Waals surface area contributed by atoms with E-state index in [0.29, 0.717) is 0 Å². The highest BCUT2D eigenvalue weighted by Gasteiger charge is 2.20. The SMILES string of the molecule is CNC(c1ccc(N(C)C)cc1)c1c(OC)cnn1C. The van der Waals surface area contributed by atoms with Crippen LogP contribution < -0.4 is 15.0 Å². The second-order valence-corrected chi connectivity index (χ2v) is 4.93. The van der Waals surface area contributed by atoms with E-state index in [1.165, 1.54) is 11.3 Å². The van der Waals surface area contributed by atoms with Crippen LogP contribution in [0.3, 0.4) is 0 Å². The fraction of sp³-hybridized carbons (Fsp3) is 0.400. The predicted octanol–water partition coefficient (Wildman–Crippen LogP) is 1.80. The van der Waals surface area contributed by atoms with Crippen molar-refractivity contribution in [3.63, 3.8) is 0 Å². The second-order valence-electron chi connectivity index (χ2n) is 4.93. The van der Waals surface area contributed by atoms with Crippen LogP contribution in [0.15, 0.2) is 30.5 Å². The van der Waals surface area contributed by atoms with Crippen LogP contribution in [0.25, 0.3) is 0 Å². The van der Waals surface area contributed by atoms with Gasteiger partial charge in [0.2, 0.25) is 0 Å². The molecule has 0 aliphatic carbocycles. The molecule has 1 unspecified atom stereocenters. The number of ether oxygens (including phenoxy) is 1. The van der Waals surface area contributed by atoms with Crippen molar-refractivity contribution >= 4 is 5.69 Å². The van der Waals surface area contributed by atoms with E-state index in [1.54, 1.807) is 13.3 Å². The third-order valence-electron chi connectivity index (χ3n) is 3.47. The van der Waals surface area contributed by atoms with Gasteiger partial charge in [-0.3, -0.25) is 4.68 Å². The maximum atomic E-state index is 5.40. The fourth-order valence-corrected chi connectivity index (χ4v) is 2.34. The van der Waals surface area contributed by atoms with Gasteiger partial charge in [-0.25, -0.2) is 0 Å². The molecule has 108 valence electrons. The standard InChI is InChI=1S/C15H22N4O/c1-16-14(15-13(20-5)10-17-19(15)4)11-6-8-12(9-7-11)18(2)3/h6-10,14,16H,1-5H3. The van der Waals surface area contributed by atoms with Gasteiger partial charge in [0.15, 0.2) is 5.75 Å². The molecule has 0 fully saturated rings. The molecular weight excluding hydrogens is 252 g/mol. The number of benzene rings is 1. The van der Waals surface area contributed by atoms with Gasteiger partial charge in [-0.15, -0.1) is 0 Å². The lowest BCUT2D eigenvalue weighted by molar-refractivity contribution is 0.402. The third-order valence-corrected chi connectivity index (χ3v) is 3.47. The molecule has 0 saturated heterocycles. The summed E-state index contributed by atoms with van der Waals surface area (Å²) in [5, 5.41) is 7.60. The Hall–Kier alpha value is -2.01. The number of methoxy groups -OCH3 is 1. The van der Waals surface area contributed by atoms with E-state index in [2.05, 4.69) is 39.6 Å². The summed E-state index contributed by atoms with van der Waals surface area (Å²) < 4.78 is 7.25. The molecule has 2 aromatic rings. The van der Waals surface area contributed by atoms with Gasteiger partial charge in [-0.1, -0.05) is 12.1 Å². The van der Waals surface area contributed by atoms with E-state index in [0.717, 1.165) is 11.4 Å².